The number of nitrogens with zero attached hydrogens (tertiary/aromatic N) is 2. The summed E-state index contributed by atoms with van der Waals surface area (Å²) in [6, 6.07) is 13.7. The van der Waals surface area contributed by atoms with E-state index >= 15 is 0 Å². The third-order valence-electron chi connectivity index (χ3n) is 6.69. The van der Waals surface area contributed by atoms with Crippen LogP contribution in [0.15, 0.2) is 54.1 Å². The summed E-state index contributed by atoms with van der Waals surface area (Å²) in [5.41, 5.74) is 1.30. The number of likely N-dealkylation sites (tertiary alicyclic amines) is 1. The normalized spacial score (nSPS) is 17.0. The molecule has 7 heteroatoms. The van der Waals surface area contributed by atoms with E-state index in [9.17, 15) is 14.7 Å². The molecule has 0 spiro atoms. The Morgan fingerprint density at radius 3 is 2.32 bits per heavy atom. The fraction of sp³-hybridized carbons (Fsp3) is 0.467. The van der Waals surface area contributed by atoms with Crippen molar-refractivity contribution in [2.75, 3.05) is 39.4 Å². The van der Waals surface area contributed by atoms with Crippen molar-refractivity contribution >= 4 is 17.4 Å². The summed E-state index contributed by atoms with van der Waals surface area (Å²) < 4.78 is 11.8. The van der Waals surface area contributed by atoms with E-state index in [4.69, 9.17) is 9.47 Å². The van der Waals surface area contributed by atoms with E-state index in [1.54, 1.807) is 29.2 Å². The van der Waals surface area contributed by atoms with Crippen molar-refractivity contribution in [1.82, 2.24) is 9.80 Å². The van der Waals surface area contributed by atoms with Crippen LogP contribution in [0.2, 0.25) is 0 Å². The van der Waals surface area contributed by atoms with E-state index in [0.717, 1.165) is 32.5 Å². The Labute approximate surface area is 220 Å². The molecular weight excluding hydrogens is 468 g/mol. The van der Waals surface area contributed by atoms with Crippen LogP contribution < -0.4 is 9.47 Å². The first-order valence-electron chi connectivity index (χ1n) is 13.4. The second kappa shape index (κ2) is 13.8. The summed E-state index contributed by atoms with van der Waals surface area (Å²) in [5, 5.41) is 11.2. The van der Waals surface area contributed by atoms with E-state index in [1.165, 1.54) is 0 Å². The number of Topliss-reactive ketones (excluding diaryl/α,β-unsaturated/α-hetero) is 1. The number of aliphatic hydroxyl groups excluding tert-OH is 1. The number of hydrogen-bond donors (Lipinski definition) is 1. The Bertz CT molecular complexity index is 1080. The lowest BCUT2D eigenvalue weighted by Gasteiger charge is -2.27. The lowest BCUT2D eigenvalue weighted by Crippen LogP contribution is -2.33. The molecule has 1 saturated heterocycles. The van der Waals surface area contributed by atoms with E-state index in [1.807, 2.05) is 31.2 Å². The van der Waals surface area contributed by atoms with Crippen molar-refractivity contribution in [3.63, 3.8) is 0 Å². The Kier molecular flexibility index (Phi) is 10.6. The van der Waals surface area contributed by atoms with Crippen LogP contribution in [0.25, 0.3) is 5.76 Å². The van der Waals surface area contributed by atoms with Crippen LogP contribution in [0.5, 0.6) is 11.5 Å². The Morgan fingerprint density at radius 2 is 1.68 bits per heavy atom. The smallest absolute Gasteiger partial charge is 0.295 e. The number of aliphatic hydroxyl groups is 1. The first-order valence-corrected chi connectivity index (χ1v) is 13.4. The van der Waals surface area contributed by atoms with Gasteiger partial charge in [0.15, 0.2) is 11.5 Å². The van der Waals surface area contributed by atoms with Gasteiger partial charge in [-0.25, -0.2) is 0 Å². The predicted octanol–water partition coefficient (Wildman–Crippen LogP) is 5.42. The molecule has 1 atom stereocenters. The largest absolute Gasteiger partial charge is 0.507 e. The molecule has 1 amide bonds. The van der Waals surface area contributed by atoms with E-state index in [0.29, 0.717) is 48.8 Å². The van der Waals surface area contributed by atoms with Crippen LogP contribution in [0.3, 0.4) is 0 Å². The van der Waals surface area contributed by atoms with Crippen molar-refractivity contribution in [2.45, 2.75) is 53.0 Å². The number of carbonyl (C=O) groups excluding carboxylic acids is 2. The molecule has 1 unspecified atom stereocenters. The molecule has 0 bridgehead atoms. The Morgan fingerprint density at radius 1 is 0.946 bits per heavy atom. The van der Waals surface area contributed by atoms with Gasteiger partial charge in [0.1, 0.15) is 5.76 Å². The van der Waals surface area contributed by atoms with Gasteiger partial charge in [-0.05, 0) is 57.1 Å². The number of ketones is 1. The van der Waals surface area contributed by atoms with Crippen molar-refractivity contribution in [3.8, 4) is 11.5 Å². The van der Waals surface area contributed by atoms with Gasteiger partial charge in [-0.15, -0.1) is 0 Å². The second-order valence-electron chi connectivity index (χ2n) is 9.08. The first-order chi connectivity index (χ1) is 18.0. The van der Waals surface area contributed by atoms with Gasteiger partial charge >= 0.3 is 0 Å². The monoisotopic (exact) mass is 508 g/mol. The number of rotatable bonds is 14. The maximum absolute atomic E-state index is 13.3. The standard InChI is InChI=1S/C30H40N2O5/c1-5-9-20-37-24-17-16-23(21-25(24)36-8-4)27-26(28(33)22-14-11-10-12-15-22)29(34)30(35)32(27)19-13-18-31(6-2)7-3/h10-12,14-17,21,27,33H,5-9,13,18-20H2,1-4H3. The molecule has 1 heterocycles. The minimum absolute atomic E-state index is 0.0983. The van der Waals surface area contributed by atoms with Gasteiger partial charge < -0.3 is 24.4 Å². The number of benzene rings is 2. The van der Waals surface area contributed by atoms with Crippen molar-refractivity contribution in [2.24, 2.45) is 0 Å². The van der Waals surface area contributed by atoms with Crippen LogP contribution >= 0.6 is 0 Å². The van der Waals surface area contributed by atoms with Crippen molar-refractivity contribution < 1.29 is 24.2 Å². The number of hydrogen-bond acceptors (Lipinski definition) is 6. The van der Waals surface area contributed by atoms with Gasteiger partial charge in [0.25, 0.3) is 11.7 Å². The predicted molar refractivity (Wildman–Crippen MR) is 146 cm³/mol. The maximum Gasteiger partial charge on any atom is 0.295 e. The average Bonchev–Trinajstić information content (AvgIpc) is 3.17. The summed E-state index contributed by atoms with van der Waals surface area (Å²) in [6.45, 7) is 12.3. The Balaban J connectivity index is 2.05. The second-order valence-corrected chi connectivity index (χ2v) is 9.08. The molecule has 2 aromatic carbocycles. The molecule has 1 aliphatic heterocycles. The molecule has 1 aliphatic rings. The average molecular weight is 509 g/mol. The van der Waals surface area contributed by atoms with Gasteiger partial charge in [0.05, 0.1) is 24.8 Å². The number of carbonyl (C=O) groups is 2. The third-order valence-corrected chi connectivity index (χ3v) is 6.69. The summed E-state index contributed by atoms with van der Waals surface area (Å²) in [6.07, 6.45) is 2.66. The highest BCUT2D eigenvalue weighted by molar-refractivity contribution is 6.46. The van der Waals surface area contributed by atoms with Crippen LogP contribution in [0, 0.1) is 0 Å². The van der Waals surface area contributed by atoms with Gasteiger partial charge in [-0.2, -0.15) is 0 Å². The van der Waals surface area contributed by atoms with Gasteiger partial charge in [0.2, 0.25) is 0 Å². The van der Waals surface area contributed by atoms with Crippen LogP contribution in [-0.2, 0) is 9.59 Å². The molecule has 0 radical (unpaired) electrons. The lowest BCUT2D eigenvalue weighted by molar-refractivity contribution is -0.140. The SMILES string of the molecule is CCCCOc1ccc(C2C(=C(O)c3ccccc3)C(=O)C(=O)N2CCCN(CC)CC)cc1OCC. The first kappa shape index (κ1) is 28.3. The number of ether oxygens (including phenoxy) is 2. The summed E-state index contributed by atoms with van der Waals surface area (Å²) in [5.74, 6) is -0.250. The topological polar surface area (TPSA) is 79.3 Å². The van der Waals surface area contributed by atoms with E-state index < -0.39 is 17.7 Å². The lowest BCUT2D eigenvalue weighted by atomic mass is 9.95. The minimum Gasteiger partial charge on any atom is -0.507 e. The zero-order chi connectivity index (χ0) is 26.8. The zero-order valence-corrected chi connectivity index (χ0v) is 22.5. The quantitative estimate of drug-likeness (QED) is 0.159. The minimum atomic E-state index is -0.721. The van der Waals surface area contributed by atoms with Crippen molar-refractivity contribution in [3.05, 3.63) is 65.2 Å². The fourth-order valence-electron chi connectivity index (χ4n) is 4.62. The summed E-state index contributed by atoms with van der Waals surface area (Å²) in [4.78, 5) is 30.4. The van der Waals surface area contributed by atoms with Gasteiger partial charge in [-0.1, -0.05) is 63.6 Å². The molecule has 0 aliphatic carbocycles. The number of amides is 1. The Hall–Kier alpha value is -3.32. The molecule has 0 saturated carbocycles. The summed E-state index contributed by atoms with van der Waals surface area (Å²) >= 11 is 0. The highest BCUT2D eigenvalue weighted by Gasteiger charge is 2.46. The van der Waals surface area contributed by atoms with Crippen LogP contribution in [0.4, 0.5) is 0 Å². The maximum atomic E-state index is 13.3. The third kappa shape index (κ3) is 6.72. The van der Waals surface area contributed by atoms with Gasteiger partial charge in [0, 0.05) is 12.1 Å². The molecule has 1 fully saturated rings. The zero-order valence-electron chi connectivity index (χ0n) is 22.5. The highest BCUT2D eigenvalue weighted by atomic mass is 16.5. The highest BCUT2D eigenvalue weighted by Crippen LogP contribution is 2.42. The molecule has 37 heavy (non-hydrogen) atoms. The van der Waals surface area contributed by atoms with E-state index in [-0.39, 0.29) is 11.3 Å². The molecule has 0 aromatic heterocycles. The van der Waals surface area contributed by atoms with E-state index in [2.05, 4.69) is 25.7 Å². The van der Waals surface area contributed by atoms with Crippen molar-refractivity contribution in [1.29, 1.82) is 0 Å². The van der Waals surface area contributed by atoms with Crippen LogP contribution in [0.1, 0.15) is 64.1 Å². The molecule has 200 valence electrons. The molecular formula is C30H40N2O5. The summed E-state index contributed by atoms with van der Waals surface area (Å²) in [7, 11) is 0. The molecule has 3 rings (SSSR count). The number of unbranched alkanes of at least 4 members (excludes halogenated alkanes) is 1. The van der Waals surface area contributed by atoms with Gasteiger partial charge in [-0.3, -0.25) is 9.59 Å². The molecule has 7 nitrogen and oxygen atoms in total. The molecule has 2 aromatic rings. The fourth-order valence-corrected chi connectivity index (χ4v) is 4.62. The van der Waals surface area contributed by atoms with Crippen LogP contribution in [-0.4, -0.2) is 66.0 Å². The molecule has 1 N–H and O–H groups in total.